The van der Waals surface area contributed by atoms with Gasteiger partial charge in [-0.15, -0.1) is 0 Å². The Hall–Kier alpha value is -4.31. The Morgan fingerprint density at radius 3 is 2.62 bits per heavy atom. The fraction of sp³-hybridized carbons (Fsp3) is 0.276. The van der Waals surface area contributed by atoms with Crippen LogP contribution in [0.3, 0.4) is 0 Å². The first-order valence-electron chi connectivity index (χ1n) is 12.7. The highest BCUT2D eigenvalue weighted by atomic mass is 32.1. The Kier molecular flexibility index (Phi) is 7.05. The van der Waals surface area contributed by atoms with Gasteiger partial charge in [0.2, 0.25) is 0 Å². The largest absolute Gasteiger partial charge is 0.505 e. The van der Waals surface area contributed by atoms with Crippen molar-refractivity contribution in [1.29, 1.82) is 0 Å². The Balaban J connectivity index is 1.73. The van der Waals surface area contributed by atoms with Crippen molar-refractivity contribution >= 4 is 45.3 Å². The number of fused-ring (bicyclic) bond motifs is 1. The summed E-state index contributed by atoms with van der Waals surface area (Å²) in [5, 5.41) is 11.9. The molecule has 0 spiro atoms. The molecule has 4 aromatic rings. The number of ketones is 2. The number of anilines is 1. The number of nitrogens with zero attached hydrogens (tertiary/aromatic N) is 4. The Labute approximate surface area is 229 Å². The van der Waals surface area contributed by atoms with Crippen molar-refractivity contribution in [2.45, 2.75) is 46.6 Å². The minimum Gasteiger partial charge on any atom is -0.505 e. The number of imidazole rings is 1. The van der Waals surface area contributed by atoms with Gasteiger partial charge in [0.1, 0.15) is 17.1 Å². The van der Waals surface area contributed by atoms with Crippen molar-refractivity contribution in [2.24, 2.45) is 0 Å². The topological polar surface area (TPSA) is 114 Å². The number of aliphatic hydroxyl groups is 1. The zero-order chi connectivity index (χ0) is 27.8. The maximum Gasteiger partial charge on any atom is 0.301 e. The maximum atomic E-state index is 13.6. The van der Waals surface area contributed by atoms with E-state index in [-0.39, 0.29) is 22.2 Å². The number of Topliss-reactive ketones (excluding diaryl/α,β-unsaturated/α-hetero) is 2. The number of carbonyl (C=O) groups is 3. The minimum absolute atomic E-state index is 0.0864. The summed E-state index contributed by atoms with van der Waals surface area (Å²) in [5.74, 6) is -1.63. The van der Waals surface area contributed by atoms with Crippen LogP contribution >= 0.6 is 11.3 Å². The summed E-state index contributed by atoms with van der Waals surface area (Å²) >= 11 is 1.05. The highest BCUT2D eigenvalue weighted by Gasteiger charge is 2.49. The number of aliphatic hydroxyl groups excluding tert-OH is 1. The summed E-state index contributed by atoms with van der Waals surface area (Å²) in [6.45, 7) is 7.45. The SMILES string of the molecule is CCCCOc1cccc(C2/C(=C(\O)c3c(C)nc4ccccn34)C(=O)C(=O)N2c2nc(C)c(C(C)=O)s2)c1. The number of carbonyl (C=O) groups excluding carboxylic acids is 3. The number of pyridine rings is 1. The van der Waals surface area contributed by atoms with Crippen LogP contribution in [0.25, 0.3) is 11.4 Å². The zero-order valence-corrected chi connectivity index (χ0v) is 22.9. The van der Waals surface area contributed by atoms with Gasteiger partial charge >= 0.3 is 5.91 Å². The van der Waals surface area contributed by atoms with Crippen molar-refractivity contribution in [3.63, 3.8) is 0 Å². The lowest BCUT2D eigenvalue weighted by Gasteiger charge is -2.23. The first-order valence-corrected chi connectivity index (χ1v) is 13.5. The van der Waals surface area contributed by atoms with Gasteiger partial charge < -0.3 is 9.84 Å². The fourth-order valence-corrected chi connectivity index (χ4v) is 5.78. The summed E-state index contributed by atoms with van der Waals surface area (Å²) in [4.78, 5) is 50.0. The quantitative estimate of drug-likeness (QED) is 0.104. The minimum atomic E-state index is -1.00. The molecule has 3 aromatic heterocycles. The zero-order valence-electron chi connectivity index (χ0n) is 22.1. The van der Waals surface area contributed by atoms with Gasteiger partial charge in [0.25, 0.3) is 5.78 Å². The van der Waals surface area contributed by atoms with E-state index < -0.39 is 17.7 Å². The average molecular weight is 545 g/mol. The van der Waals surface area contributed by atoms with Crippen molar-refractivity contribution in [3.05, 3.63) is 81.8 Å². The third kappa shape index (κ3) is 4.61. The monoisotopic (exact) mass is 544 g/mol. The van der Waals surface area contributed by atoms with E-state index in [1.54, 1.807) is 60.8 Å². The van der Waals surface area contributed by atoms with Crippen LogP contribution in [-0.4, -0.2) is 43.6 Å². The number of thiazole rings is 1. The Bertz CT molecular complexity index is 1650. The number of aromatic nitrogens is 3. The molecule has 1 atom stereocenters. The second kappa shape index (κ2) is 10.5. The van der Waals surface area contributed by atoms with Crippen LogP contribution in [0, 0.1) is 13.8 Å². The summed E-state index contributed by atoms with van der Waals surface area (Å²) in [7, 11) is 0. The molecule has 1 amide bonds. The van der Waals surface area contributed by atoms with Crippen LogP contribution in [0.2, 0.25) is 0 Å². The number of hydrogen-bond acceptors (Lipinski definition) is 8. The molecular formula is C29H28N4O5S. The second-order valence-corrected chi connectivity index (χ2v) is 10.4. The van der Waals surface area contributed by atoms with Crippen LogP contribution in [-0.2, 0) is 9.59 Å². The highest BCUT2D eigenvalue weighted by Crippen LogP contribution is 2.44. The van der Waals surface area contributed by atoms with E-state index >= 15 is 0 Å². The molecule has 39 heavy (non-hydrogen) atoms. The summed E-state index contributed by atoms with van der Waals surface area (Å²) < 4.78 is 7.58. The number of amides is 1. The lowest BCUT2D eigenvalue weighted by Crippen LogP contribution is -2.29. The van der Waals surface area contributed by atoms with Gasteiger partial charge in [-0.25, -0.2) is 9.97 Å². The molecule has 0 radical (unpaired) electrons. The van der Waals surface area contributed by atoms with Crippen LogP contribution in [0.1, 0.15) is 65.0 Å². The van der Waals surface area contributed by atoms with E-state index in [1.165, 1.54) is 11.8 Å². The molecule has 1 aromatic carbocycles. The van der Waals surface area contributed by atoms with E-state index in [9.17, 15) is 19.5 Å². The molecule has 9 nitrogen and oxygen atoms in total. The van der Waals surface area contributed by atoms with E-state index in [4.69, 9.17) is 4.74 Å². The van der Waals surface area contributed by atoms with Crippen molar-refractivity contribution in [1.82, 2.24) is 14.4 Å². The van der Waals surface area contributed by atoms with E-state index in [0.717, 1.165) is 24.2 Å². The Morgan fingerprint density at radius 1 is 1.10 bits per heavy atom. The number of unbranched alkanes of at least 4 members (excludes halogenated alkanes) is 1. The maximum absolute atomic E-state index is 13.6. The van der Waals surface area contributed by atoms with Gasteiger partial charge in [-0.3, -0.25) is 23.7 Å². The van der Waals surface area contributed by atoms with Gasteiger partial charge in [0.05, 0.1) is 34.5 Å². The van der Waals surface area contributed by atoms with Crippen molar-refractivity contribution in [2.75, 3.05) is 11.5 Å². The molecule has 1 unspecified atom stereocenters. The first-order chi connectivity index (χ1) is 18.7. The predicted octanol–water partition coefficient (Wildman–Crippen LogP) is 5.42. The van der Waals surface area contributed by atoms with Gasteiger partial charge in [0.15, 0.2) is 16.7 Å². The van der Waals surface area contributed by atoms with Crippen molar-refractivity contribution in [3.8, 4) is 5.75 Å². The molecule has 0 aliphatic carbocycles. The summed E-state index contributed by atoms with van der Waals surface area (Å²) in [5.41, 5.74) is 2.37. The van der Waals surface area contributed by atoms with Crippen molar-refractivity contribution < 1.29 is 24.2 Å². The lowest BCUT2D eigenvalue weighted by atomic mass is 9.96. The van der Waals surface area contributed by atoms with Gasteiger partial charge in [-0.1, -0.05) is 42.9 Å². The molecule has 10 heteroatoms. The smallest absolute Gasteiger partial charge is 0.301 e. The van der Waals surface area contributed by atoms with Gasteiger partial charge in [-0.05, 0) is 50.1 Å². The number of hydrogen-bond donors (Lipinski definition) is 1. The standard InChI is InChI=1S/C29H28N4O5S/c1-5-6-14-38-20-11-9-10-19(15-20)24-22(25(35)23-16(2)30-21-12-7-8-13-32(21)23)26(36)28(37)33(24)29-31-17(3)27(39-29)18(4)34/h7-13,15,24,35H,5-6,14H2,1-4H3/b25-22+. The summed E-state index contributed by atoms with van der Waals surface area (Å²) in [6, 6.07) is 11.5. The normalized spacial score (nSPS) is 16.8. The van der Waals surface area contributed by atoms with Crippen LogP contribution in [0.15, 0.2) is 54.2 Å². The average Bonchev–Trinajstić information content (AvgIpc) is 3.54. The lowest BCUT2D eigenvalue weighted by molar-refractivity contribution is -0.132. The summed E-state index contributed by atoms with van der Waals surface area (Å²) in [6.07, 6.45) is 3.59. The third-order valence-electron chi connectivity index (χ3n) is 6.62. The van der Waals surface area contributed by atoms with Crippen LogP contribution in [0.4, 0.5) is 5.13 Å². The number of aryl methyl sites for hydroxylation is 2. The number of rotatable bonds is 8. The molecule has 1 aliphatic rings. The molecule has 0 bridgehead atoms. The highest BCUT2D eigenvalue weighted by molar-refractivity contribution is 7.18. The molecule has 1 saturated heterocycles. The predicted molar refractivity (Wildman–Crippen MR) is 148 cm³/mol. The van der Waals surface area contributed by atoms with Crippen LogP contribution < -0.4 is 9.64 Å². The van der Waals surface area contributed by atoms with Gasteiger partial charge in [-0.2, -0.15) is 0 Å². The number of ether oxygens (including phenoxy) is 1. The molecule has 4 heterocycles. The molecule has 1 fully saturated rings. The fourth-order valence-electron chi connectivity index (χ4n) is 4.79. The molecule has 1 aliphatic heterocycles. The molecule has 0 saturated carbocycles. The third-order valence-corrected chi connectivity index (χ3v) is 7.88. The molecule has 1 N–H and O–H groups in total. The van der Waals surface area contributed by atoms with E-state index in [0.29, 0.717) is 45.5 Å². The Morgan fingerprint density at radius 2 is 1.90 bits per heavy atom. The van der Waals surface area contributed by atoms with Gasteiger partial charge in [0, 0.05) is 13.1 Å². The van der Waals surface area contributed by atoms with Crippen LogP contribution in [0.5, 0.6) is 5.75 Å². The second-order valence-electron chi connectivity index (χ2n) is 9.39. The molecule has 200 valence electrons. The first kappa shape index (κ1) is 26.3. The van der Waals surface area contributed by atoms with E-state index in [2.05, 4.69) is 16.9 Å². The molecule has 5 rings (SSSR count). The number of benzene rings is 1. The van der Waals surface area contributed by atoms with E-state index in [1.807, 2.05) is 6.07 Å². The molecular weight excluding hydrogens is 516 g/mol.